The molecule has 0 fully saturated rings. The van der Waals surface area contributed by atoms with Gasteiger partial charge < -0.3 is 0 Å². The van der Waals surface area contributed by atoms with E-state index in [0.29, 0.717) is 0 Å². The third-order valence-corrected chi connectivity index (χ3v) is 13.6. The molecule has 0 bridgehead atoms. The third kappa shape index (κ3) is 2.80. The maximum absolute atomic E-state index is 12.7. The fourth-order valence-corrected chi connectivity index (χ4v) is 12.7. The van der Waals surface area contributed by atoms with Gasteiger partial charge in [-0.3, -0.25) is 14.0 Å². The molecule has 0 saturated carbocycles. The maximum Gasteiger partial charge on any atom is 0.260 e. The van der Waals surface area contributed by atoms with Gasteiger partial charge >= 0.3 is 0 Å². The van der Waals surface area contributed by atoms with E-state index >= 15 is 0 Å². The molecule has 21 heavy (non-hydrogen) atoms. The van der Waals surface area contributed by atoms with Gasteiger partial charge in [0.25, 0.3) is 5.91 Å². The molecular formula is C13H19N2OPS4. The highest BCUT2D eigenvalue weighted by atomic mass is 32.9. The smallest absolute Gasteiger partial charge is 0.260 e. The first-order chi connectivity index (χ1) is 10.1. The summed E-state index contributed by atoms with van der Waals surface area (Å²) in [7, 11) is 0. The van der Waals surface area contributed by atoms with E-state index in [1.807, 2.05) is 11.3 Å². The van der Waals surface area contributed by atoms with Crippen LogP contribution in [-0.2, 0) is 24.6 Å². The van der Waals surface area contributed by atoms with Crippen molar-refractivity contribution in [3.8, 4) is 0 Å². The number of hydrogen-bond acceptors (Lipinski definition) is 5. The minimum atomic E-state index is -2.08. The van der Waals surface area contributed by atoms with E-state index in [4.69, 9.17) is 11.8 Å². The predicted octanol–water partition coefficient (Wildman–Crippen LogP) is 4.82. The molecule has 8 heteroatoms. The van der Waals surface area contributed by atoms with Crippen LogP contribution in [0.15, 0.2) is 0 Å². The van der Waals surface area contributed by atoms with Gasteiger partial charge in [-0.15, -0.1) is 11.3 Å². The molecule has 1 aliphatic heterocycles. The average Bonchev–Trinajstić information content (AvgIpc) is 2.83. The van der Waals surface area contributed by atoms with Crippen LogP contribution < -0.4 is 9.16 Å². The first-order valence-electron chi connectivity index (χ1n) is 7.26. The Bertz CT molecular complexity index is 616. The van der Waals surface area contributed by atoms with Crippen LogP contribution in [0.25, 0.3) is 0 Å². The highest BCUT2D eigenvalue weighted by Gasteiger charge is 2.41. The Morgan fingerprint density at radius 2 is 2.10 bits per heavy atom. The number of carbonyl (C=O) groups is 1. The lowest BCUT2D eigenvalue weighted by Crippen LogP contribution is -2.33. The molecule has 1 aromatic heterocycles. The molecule has 0 aromatic carbocycles. The number of anilines is 1. The number of fused-ring (bicyclic) bond motifs is 3. The van der Waals surface area contributed by atoms with Crippen molar-refractivity contribution in [3.05, 3.63) is 16.0 Å². The fourth-order valence-electron chi connectivity index (χ4n) is 2.79. The molecule has 116 valence electrons. The van der Waals surface area contributed by atoms with Crippen LogP contribution in [0.4, 0.5) is 5.00 Å². The van der Waals surface area contributed by atoms with Crippen molar-refractivity contribution in [3.63, 3.8) is 0 Å². The summed E-state index contributed by atoms with van der Waals surface area (Å²) in [6.45, 7) is 4.25. The molecule has 3 nitrogen and oxygen atoms in total. The lowest BCUT2D eigenvalue weighted by atomic mass is 9.95. The summed E-state index contributed by atoms with van der Waals surface area (Å²) in [4.78, 5) is 14.1. The Hall–Kier alpha value is 0.320. The summed E-state index contributed by atoms with van der Waals surface area (Å²) in [6, 6.07) is 0. The van der Waals surface area contributed by atoms with Crippen LogP contribution in [0, 0.1) is 0 Å². The van der Waals surface area contributed by atoms with Gasteiger partial charge in [-0.25, -0.2) is 0 Å². The van der Waals surface area contributed by atoms with Gasteiger partial charge in [0.15, 0.2) is 5.54 Å². The summed E-state index contributed by atoms with van der Waals surface area (Å²) in [5.41, 5.74) is 0.140. The van der Waals surface area contributed by atoms with Gasteiger partial charge in [0, 0.05) is 10.6 Å². The second kappa shape index (κ2) is 6.44. The van der Waals surface area contributed by atoms with Crippen molar-refractivity contribution in [2.24, 2.45) is 0 Å². The molecule has 3 rings (SSSR count). The van der Waals surface area contributed by atoms with Crippen LogP contribution in [0.1, 0.15) is 47.5 Å². The van der Waals surface area contributed by atoms with Crippen LogP contribution in [0.5, 0.6) is 0 Å². The molecule has 1 amide bonds. The van der Waals surface area contributed by atoms with Gasteiger partial charge in [-0.05, 0) is 60.8 Å². The normalized spacial score (nSPS) is 24.5. The molecule has 1 unspecified atom stereocenters. The van der Waals surface area contributed by atoms with E-state index in [1.165, 1.54) is 23.3 Å². The zero-order valence-electron chi connectivity index (χ0n) is 12.2. The van der Waals surface area contributed by atoms with Gasteiger partial charge in [0.2, 0.25) is 0 Å². The molecule has 2 aliphatic rings. The van der Waals surface area contributed by atoms with E-state index in [2.05, 4.69) is 23.0 Å². The lowest BCUT2D eigenvalue weighted by Gasteiger charge is -2.38. The van der Waals surface area contributed by atoms with Crippen molar-refractivity contribution in [2.75, 3.05) is 15.6 Å². The Morgan fingerprint density at radius 3 is 2.81 bits per heavy atom. The van der Waals surface area contributed by atoms with Crippen molar-refractivity contribution < 1.29 is 4.79 Å². The minimum absolute atomic E-state index is 0.0710. The molecule has 1 N–H and O–H groups in total. The van der Waals surface area contributed by atoms with Gasteiger partial charge in [0.05, 0.1) is 5.56 Å². The highest BCUT2D eigenvalue weighted by Crippen LogP contribution is 2.67. The molecular weight excluding hydrogens is 359 g/mol. The minimum Gasteiger partial charge on any atom is -0.300 e. The fraction of sp³-hybridized carbons (Fsp3) is 0.615. The zero-order valence-corrected chi connectivity index (χ0v) is 16.3. The van der Waals surface area contributed by atoms with Crippen molar-refractivity contribution in [1.29, 1.82) is 0 Å². The number of thiophene rings is 1. The molecule has 2 heterocycles. The Labute approximate surface area is 143 Å². The summed E-state index contributed by atoms with van der Waals surface area (Å²) in [6.07, 6.45) is 4.60. The second-order valence-electron chi connectivity index (χ2n) is 4.96. The Kier molecular flexibility index (Phi) is 4.96. The maximum atomic E-state index is 12.7. The van der Waals surface area contributed by atoms with Crippen LogP contribution in [0.2, 0.25) is 0 Å². The van der Waals surface area contributed by atoms with Crippen molar-refractivity contribution in [1.82, 2.24) is 5.09 Å². The number of carbonyl (C=O) groups excluding carboxylic acids is 1. The molecule has 1 aromatic rings. The van der Waals surface area contributed by atoms with Crippen LogP contribution in [-0.4, -0.2) is 17.4 Å². The molecule has 0 saturated heterocycles. The van der Waals surface area contributed by atoms with Crippen molar-refractivity contribution >= 4 is 62.9 Å². The summed E-state index contributed by atoms with van der Waals surface area (Å²) < 4.78 is 2.27. The Morgan fingerprint density at radius 1 is 1.33 bits per heavy atom. The number of aryl methyl sites for hydroxylation is 1. The quantitative estimate of drug-likeness (QED) is 0.600. The standard InChI is InChI=1S/C13H19N2OPS4/c1-3-19-15-13-11(9-7-5-6-8-10(9)21-13)12(16)14-17(15,18)20-4-2/h3-8H2,1-2H3,(H,14,16,18). The van der Waals surface area contributed by atoms with Gasteiger partial charge in [-0.2, -0.15) is 0 Å². The SMILES string of the molecule is CCSN1c2sc3c(c2C(=O)NP1(=S)SCC)CCCC3. The van der Waals surface area contributed by atoms with E-state index in [9.17, 15) is 4.79 Å². The van der Waals surface area contributed by atoms with Crippen LogP contribution in [0.3, 0.4) is 0 Å². The van der Waals surface area contributed by atoms with Gasteiger partial charge in [0.1, 0.15) is 5.00 Å². The van der Waals surface area contributed by atoms with E-state index < -0.39 is 5.54 Å². The molecule has 1 aliphatic carbocycles. The summed E-state index contributed by atoms with van der Waals surface area (Å²) in [5.74, 6) is 1.97. The summed E-state index contributed by atoms with van der Waals surface area (Å²) in [5, 5.41) is 4.31. The number of nitrogens with one attached hydrogen (secondary N) is 1. The third-order valence-electron chi connectivity index (χ3n) is 3.59. The first kappa shape index (κ1) is 16.2. The van der Waals surface area contributed by atoms with Crippen molar-refractivity contribution in [2.45, 2.75) is 39.5 Å². The lowest BCUT2D eigenvalue weighted by molar-refractivity contribution is 0.0981. The molecule has 0 spiro atoms. The number of hydrogen-bond donors (Lipinski definition) is 1. The zero-order chi connectivity index (χ0) is 15.0. The topological polar surface area (TPSA) is 32.3 Å². The Balaban J connectivity index is 2.11. The number of nitrogens with zero attached hydrogens (tertiary/aromatic N) is 1. The number of rotatable bonds is 4. The molecule has 1 atom stereocenters. The monoisotopic (exact) mass is 378 g/mol. The van der Waals surface area contributed by atoms with E-state index in [0.717, 1.165) is 34.9 Å². The van der Waals surface area contributed by atoms with Crippen LogP contribution >= 0.6 is 40.2 Å². The van der Waals surface area contributed by atoms with E-state index in [1.54, 1.807) is 23.3 Å². The average molecular weight is 379 g/mol. The number of amides is 1. The van der Waals surface area contributed by atoms with E-state index in [-0.39, 0.29) is 5.91 Å². The largest absolute Gasteiger partial charge is 0.300 e. The highest BCUT2D eigenvalue weighted by molar-refractivity contribution is 8.72. The molecule has 0 radical (unpaired) electrons. The summed E-state index contributed by atoms with van der Waals surface area (Å²) >= 11 is 11.2. The predicted molar refractivity (Wildman–Crippen MR) is 101 cm³/mol. The second-order valence-corrected chi connectivity index (χ2v) is 14.7. The van der Waals surface area contributed by atoms with Gasteiger partial charge in [-0.1, -0.05) is 25.2 Å². The first-order valence-corrected chi connectivity index (χ1v) is 13.4.